The van der Waals surface area contributed by atoms with Crippen LogP contribution >= 0.6 is 0 Å². The SMILES string of the molecule is C[C@@]1(C(=O)O)CCCCN1C(=O)c1cc2ccccc2cc1N. The Balaban J connectivity index is 2.05. The predicted molar refractivity (Wildman–Crippen MR) is 89.3 cm³/mol. The zero-order chi connectivity index (χ0) is 16.6. The van der Waals surface area contributed by atoms with E-state index in [1.807, 2.05) is 24.3 Å². The van der Waals surface area contributed by atoms with Gasteiger partial charge in [0.2, 0.25) is 0 Å². The molecule has 2 aromatic carbocycles. The standard InChI is InChI=1S/C18H20N2O3/c1-18(17(22)23)8-4-5-9-20(18)16(21)14-10-12-6-2-3-7-13(12)11-15(14)19/h2-3,6-7,10-11H,4-5,8-9,19H2,1H3,(H,22,23)/t18-/m0/s1. The highest BCUT2D eigenvalue weighted by Gasteiger charge is 2.44. The summed E-state index contributed by atoms with van der Waals surface area (Å²) in [6, 6.07) is 11.2. The van der Waals surface area contributed by atoms with E-state index < -0.39 is 11.5 Å². The average molecular weight is 312 g/mol. The van der Waals surface area contributed by atoms with Crippen LogP contribution in [-0.4, -0.2) is 34.0 Å². The van der Waals surface area contributed by atoms with Crippen molar-refractivity contribution in [2.75, 3.05) is 12.3 Å². The van der Waals surface area contributed by atoms with Crippen LogP contribution in [0.15, 0.2) is 36.4 Å². The summed E-state index contributed by atoms with van der Waals surface area (Å²) in [7, 11) is 0. The number of hydrogen-bond acceptors (Lipinski definition) is 3. The summed E-state index contributed by atoms with van der Waals surface area (Å²) >= 11 is 0. The Bertz CT molecular complexity index is 787. The lowest BCUT2D eigenvalue weighted by atomic mass is 9.87. The molecule has 1 atom stereocenters. The molecule has 5 heteroatoms. The van der Waals surface area contributed by atoms with Gasteiger partial charge >= 0.3 is 5.97 Å². The number of carboxylic acid groups (broad SMARTS) is 1. The van der Waals surface area contributed by atoms with E-state index in [0.717, 1.165) is 23.6 Å². The Kier molecular flexibility index (Phi) is 3.72. The van der Waals surface area contributed by atoms with Crippen LogP contribution in [0.1, 0.15) is 36.5 Å². The van der Waals surface area contributed by atoms with Crippen molar-refractivity contribution in [3.63, 3.8) is 0 Å². The van der Waals surface area contributed by atoms with Gasteiger partial charge in [0.15, 0.2) is 0 Å². The topological polar surface area (TPSA) is 83.6 Å². The minimum absolute atomic E-state index is 0.308. The van der Waals surface area contributed by atoms with Crippen LogP contribution in [0, 0.1) is 0 Å². The summed E-state index contributed by atoms with van der Waals surface area (Å²) in [5.41, 5.74) is 5.65. The minimum atomic E-state index is -1.17. The van der Waals surface area contributed by atoms with Crippen LogP contribution in [0.2, 0.25) is 0 Å². The smallest absolute Gasteiger partial charge is 0.329 e. The fourth-order valence-electron chi connectivity index (χ4n) is 3.26. The van der Waals surface area contributed by atoms with Crippen molar-refractivity contribution in [1.82, 2.24) is 4.90 Å². The number of nitrogens with two attached hydrogens (primary N) is 1. The minimum Gasteiger partial charge on any atom is -0.480 e. The van der Waals surface area contributed by atoms with E-state index >= 15 is 0 Å². The van der Waals surface area contributed by atoms with Crippen LogP contribution < -0.4 is 5.73 Å². The number of amides is 1. The molecule has 3 rings (SSSR count). The van der Waals surface area contributed by atoms with E-state index in [0.29, 0.717) is 24.2 Å². The van der Waals surface area contributed by atoms with Gasteiger partial charge in [0.1, 0.15) is 5.54 Å². The zero-order valence-corrected chi connectivity index (χ0v) is 13.1. The molecule has 1 aliphatic heterocycles. The van der Waals surface area contributed by atoms with Gasteiger partial charge in [-0.05, 0) is 49.1 Å². The molecule has 0 aromatic heterocycles. The molecule has 0 radical (unpaired) electrons. The van der Waals surface area contributed by atoms with Gasteiger partial charge in [0, 0.05) is 12.2 Å². The number of piperidine rings is 1. The molecule has 0 spiro atoms. The third kappa shape index (κ3) is 2.52. The lowest BCUT2D eigenvalue weighted by Gasteiger charge is -2.41. The van der Waals surface area contributed by atoms with Gasteiger partial charge in [-0.15, -0.1) is 0 Å². The van der Waals surface area contributed by atoms with Crippen molar-refractivity contribution in [3.05, 3.63) is 42.0 Å². The van der Waals surface area contributed by atoms with Crippen molar-refractivity contribution in [2.45, 2.75) is 31.7 Å². The second-order valence-electron chi connectivity index (χ2n) is 6.28. The third-order valence-electron chi connectivity index (χ3n) is 4.75. The van der Waals surface area contributed by atoms with Gasteiger partial charge in [0.05, 0.1) is 5.56 Å². The highest BCUT2D eigenvalue weighted by atomic mass is 16.4. The second-order valence-corrected chi connectivity index (χ2v) is 6.28. The van der Waals surface area contributed by atoms with E-state index in [9.17, 15) is 14.7 Å². The Morgan fingerprint density at radius 2 is 1.83 bits per heavy atom. The molecule has 1 heterocycles. The average Bonchev–Trinajstić information content (AvgIpc) is 2.54. The molecule has 1 aliphatic rings. The maximum Gasteiger partial charge on any atom is 0.329 e. The number of carbonyl (C=O) groups is 2. The number of carbonyl (C=O) groups excluding carboxylic acids is 1. The van der Waals surface area contributed by atoms with E-state index in [2.05, 4.69) is 0 Å². The molecule has 0 aliphatic carbocycles. The number of benzene rings is 2. The summed E-state index contributed by atoms with van der Waals surface area (Å²) in [6.07, 6.45) is 2.07. The van der Waals surface area contributed by atoms with Crippen molar-refractivity contribution < 1.29 is 14.7 Å². The highest BCUT2D eigenvalue weighted by molar-refractivity contribution is 6.05. The fourth-order valence-corrected chi connectivity index (χ4v) is 3.26. The van der Waals surface area contributed by atoms with Crippen molar-refractivity contribution in [1.29, 1.82) is 0 Å². The number of likely N-dealkylation sites (tertiary alicyclic amines) is 1. The quantitative estimate of drug-likeness (QED) is 0.835. The van der Waals surface area contributed by atoms with E-state index in [1.165, 1.54) is 4.90 Å². The molecule has 0 bridgehead atoms. The van der Waals surface area contributed by atoms with Gasteiger partial charge in [-0.25, -0.2) is 4.79 Å². The first kappa shape index (κ1) is 15.3. The number of nitrogen functional groups attached to an aromatic ring is 1. The number of aliphatic carboxylic acids is 1. The molecule has 5 nitrogen and oxygen atoms in total. The first-order valence-corrected chi connectivity index (χ1v) is 7.77. The van der Waals surface area contributed by atoms with Crippen LogP contribution in [0.3, 0.4) is 0 Å². The van der Waals surface area contributed by atoms with E-state index in [4.69, 9.17) is 5.73 Å². The molecule has 0 saturated carbocycles. The Morgan fingerprint density at radius 3 is 2.48 bits per heavy atom. The first-order chi connectivity index (χ1) is 10.9. The lowest BCUT2D eigenvalue weighted by molar-refractivity contribution is -0.150. The lowest BCUT2D eigenvalue weighted by Crippen LogP contribution is -2.57. The van der Waals surface area contributed by atoms with E-state index in [-0.39, 0.29) is 5.91 Å². The molecule has 0 unspecified atom stereocenters. The zero-order valence-electron chi connectivity index (χ0n) is 13.1. The number of rotatable bonds is 2. The fraction of sp³-hybridized carbons (Fsp3) is 0.333. The maximum atomic E-state index is 13.0. The van der Waals surface area contributed by atoms with Gasteiger partial charge in [-0.2, -0.15) is 0 Å². The van der Waals surface area contributed by atoms with E-state index in [1.54, 1.807) is 19.1 Å². The predicted octanol–water partition coefficient (Wildman–Crippen LogP) is 2.89. The number of fused-ring (bicyclic) bond motifs is 1. The molecule has 2 aromatic rings. The molecule has 1 saturated heterocycles. The molecule has 3 N–H and O–H groups in total. The number of hydrogen-bond donors (Lipinski definition) is 2. The summed E-state index contributed by atoms with van der Waals surface area (Å²) < 4.78 is 0. The van der Waals surface area contributed by atoms with Crippen LogP contribution in [0.5, 0.6) is 0 Å². The van der Waals surface area contributed by atoms with Crippen LogP contribution in [0.4, 0.5) is 5.69 Å². The molecule has 23 heavy (non-hydrogen) atoms. The third-order valence-corrected chi connectivity index (χ3v) is 4.75. The van der Waals surface area contributed by atoms with Crippen LogP contribution in [-0.2, 0) is 4.79 Å². The molecular weight excluding hydrogens is 292 g/mol. The van der Waals surface area contributed by atoms with Crippen molar-refractivity contribution in [2.24, 2.45) is 0 Å². The van der Waals surface area contributed by atoms with Gasteiger partial charge < -0.3 is 15.7 Å². The molecule has 1 fully saturated rings. The highest BCUT2D eigenvalue weighted by Crippen LogP contribution is 2.32. The molecular formula is C18H20N2O3. The monoisotopic (exact) mass is 312 g/mol. The van der Waals surface area contributed by atoms with Gasteiger partial charge in [0.25, 0.3) is 5.91 Å². The van der Waals surface area contributed by atoms with Crippen molar-refractivity contribution >= 4 is 28.3 Å². The Morgan fingerprint density at radius 1 is 1.17 bits per heavy atom. The number of carboxylic acids is 1. The van der Waals surface area contributed by atoms with Crippen molar-refractivity contribution in [3.8, 4) is 0 Å². The molecule has 120 valence electrons. The summed E-state index contributed by atoms with van der Waals surface area (Å²) in [6.45, 7) is 2.05. The summed E-state index contributed by atoms with van der Waals surface area (Å²) in [5, 5.41) is 11.5. The Hall–Kier alpha value is -2.56. The van der Waals surface area contributed by atoms with Crippen LogP contribution in [0.25, 0.3) is 10.8 Å². The second kappa shape index (κ2) is 5.57. The number of anilines is 1. The summed E-state index contributed by atoms with van der Waals surface area (Å²) in [4.78, 5) is 26.1. The van der Waals surface area contributed by atoms with Gasteiger partial charge in [-0.3, -0.25) is 4.79 Å². The van der Waals surface area contributed by atoms with Gasteiger partial charge in [-0.1, -0.05) is 24.3 Å². The number of nitrogens with zero attached hydrogens (tertiary/aromatic N) is 1. The maximum absolute atomic E-state index is 13.0. The largest absolute Gasteiger partial charge is 0.480 e. The first-order valence-electron chi connectivity index (χ1n) is 7.77. The normalized spacial score (nSPS) is 21.3. The molecule has 1 amide bonds. The summed E-state index contributed by atoms with van der Waals surface area (Å²) in [5.74, 6) is -1.28. The Labute approximate surface area is 134 Å².